The minimum absolute atomic E-state index is 0.523. The molecule has 2 rings (SSSR count). The van der Waals surface area contributed by atoms with E-state index in [0.717, 1.165) is 18.7 Å². The number of nitrogens with zero attached hydrogens (tertiary/aromatic N) is 2. The minimum Gasteiger partial charge on any atom is -0.357 e. The van der Waals surface area contributed by atoms with Gasteiger partial charge in [-0.3, -0.25) is 10.4 Å². The molecule has 1 saturated heterocycles. The van der Waals surface area contributed by atoms with Crippen molar-refractivity contribution in [1.82, 2.24) is 9.88 Å². The lowest BCUT2D eigenvalue weighted by atomic mass is 10.2. The molecule has 14 heavy (non-hydrogen) atoms. The van der Waals surface area contributed by atoms with Gasteiger partial charge in [0.15, 0.2) is 0 Å². The van der Waals surface area contributed by atoms with Crippen LogP contribution in [0.1, 0.15) is 18.4 Å². The monoisotopic (exact) mass is 209 g/mol. The fourth-order valence-corrected chi connectivity index (χ4v) is 1.89. The predicted octanol–water partition coefficient (Wildman–Crippen LogP) is 2.16. The van der Waals surface area contributed by atoms with Gasteiger partial charge in [0.2, 0.25) is 0 Å². The molecule has 0 bridgehead atoms. The van der Waals surface area contributed by atoms with Crippen LogP contribution in [0.2, 0.25) is 5.02 Å². The van der Waals surface area contributed by atoms with E-state index in [9.17, 15) is 0 Å². The fourth-order valence-electron chi connectivity index (χ4n) is 1.68. The second-order valence-electron chi connectivity index (χ2n) is 3.40. The van der Waals surface area contributed by atoms with Crippen LogP contribution in [-0.4, -0.2) is 28.8 Å². The lowest BCUT2D eigenvalue weighted by Crippen LogP contribution is -2.27. The Morgan fingerprint density at radius 3 is 2.79 bits per heavy atom. The number of nitrogens with one attached hydrogen (secondary N) is 1. The van der Waals surface area contributed by atoms with E-state index in [-0.39, 0.29) is 0 Å². The molecular formula is C10H12ClN3. The molecule has 0 aromatic carbocycles. The smallest absolute Gasteiger partial charge is 0.129 e. The van der Waals surface area contributed by atoms with E-state index in [1.165, 1.54) is 12.8 Å². The highest BCUT2D eigenvalue weighted by molar-refractivity contribution is 6.33. The van der Waals surface area contributed by atoms with Gasteiger partial charge in [0, 0.05) is 31.0 Å². The quantitative estimate of drug-likeness (QED) is 0.569. The van der Waals surface area contributed by atoms with Crippen molar-refractivity contribution < 1.29 is 0 Å². The molecule has 0 amide bonds. The van der Waals surface area contributed by atoms with E-state index in [0.29, 0.717) is 10.9 Å². The van der Waals surface area contributed by atoms with Gasteiger partial charge in [-0.25, -0.2) is 0 Å². The highest BCUT2D eigenvalue weighted by Gasteiger charge is 2.17. The van der Waals surface area contributed by atoms with Gasteiger partial charge in [-0.2, -0.15) is 0 Å². The first-order chi connectivity index (χ1) is 6.79. The standard InChI is InChI=1S/C10H12ClN3/c11-9-7-13-4-3-8(9)10(12)14-5-1-2-6-14/h3-4,7,12H,1-2,5-6H2. The van der Waals surface area contributed by atoms with Crippen molar-refractivity contribution in [2.75, 3.05) is 13.1 Å². The molecule has 0 saturated carbocycles. The van der Waals surface area contributed by atoms with Crippen molar-refractivity contribution in [3.05, 3.63) is 29.0 Å². The number of aromatic nitrogens is 1. The molecule has 1 fully saturated rings. The first-order valence-corrected chi connectivity index (χ1v) is 5.10. The van der Waals surface area contributed by atoms with Crippen molar-refractivity contribution >= 4 is 17.4 Å². The van der Waals surface area contributed by atoms with Crippen LogP contribution < -0.4 is 0 Å². The van der Waals surface area contributed by atoms with Gasteiger partial charge in [0.1, 0.15) is 5.84 Å². The largest absolute Gasteiger partial charge is 0.357 e. The summed E-state index contributed by atoms with van der Waals surface area (Å²) in [6.07, 6.45) is 5.60. The van der Waals surface area contributed by atoms with Crippen LogP contribution in [0, 0.1) is 5.41 Å². The lowest BCUT2D eigenvalue weighted by Gasteiger charge is -2.18. The van der Waals surface area contributed by atoms with E-state index in [1.54, 1.807) is 18.5 Å². The maximum Gasteiger partial charge on any atom is 0.129 e. The third-order valence-corrected chi connectivity index (χ3v) is 2.75. The van der Waals surface area contributed by atoms with Gasteiger partial charge in [-0.1, -0.05) is 11.6 Å². The Bertz CT molecular complexity index is 345. The van der Waals surface area contributed by atoms with Crippen LogP contribution in [0.25, 0.3) is 0 Å². The zero-order valence-corrected chi connectivity index (χ0v) is 8.59. The highest BCUT2D eigenvalue weighted by Crippen LogP contribution is 2.18. The van der Waals surface area contributed by atoms with E-state index < -0.39 is 0 Å². The van der Waals surface area contributed by atoms with Crippen molar-refractivity contribution in [2.45, 2.75) is 12.8 Å². The first-order valence-electron chi connectivity index (χ1n) is 4.72. The number of likely N-dealkylation sites (tertiary alicyclic amines) is 1. The molecular weight excluding hydrogens is 198 g/mol. The van der Waals surface area contributed by atoms with Gasteiger partial charge in [-0.05, 0) is 18.9 Å². The Kier molecular flexibility index (Phi) is 2.68. The second kappa shape index (κ2) is 3.96. The summed E-state index contributed by atoms with van der Waals surface area (Å²) >= 11 is 5.97. The maximum absolute atomic E-state index is 7.98. The lowest BCUT2D eigenvalue weighted by molar-refractivity contribution is 0.517. The van der Waals surface area contributed by atoms with Gasteiger partial charge < -0.3 is 4.90 Å². The predicted molar refractivity (Wildman–Crippen MR) is 56.9 cm³/mol. The summed E-state index contributed by atoms with van der Waals surface area (Å²) in [6, 6.07) is 1.79. The molecule has 1 aromatic heterocycles. The SMILES string of the molecule is N=C(c1ccncc1Cl)N1CCCC1. The van der Waals surface area contributed by atoms with Crippen LogP contribution in [0.15, 0.2) is 18.5 Å². The Hall–Kier alpha value is -1.09. The van der Waals surface area contributed by atoms with Crippen LogP contribution in [0.4, 0.5) is 0 Å². The molecule has 0 atom stereocenters. The van der Waals surface area contributed by atoms with E-state index in [4.69, 9.17) is 17.0 Å². The normalized spacial score (nSPS) is 15.9. The summed E-state index contributed by atoms with van der Waals surface area (Å²) in [5.74, 6) is 0.523. The van der Waals surface area contributed by atoms with Crippen molar-refractivity contribution in [3.63, 3.8) is 0 Å². The van der Waals surface area contributed by atoms with Gasteiger partial charge in [0.25, 0.3) is 0 Å². The summed E-state index contributed by atoms with van der Waals surface area (Å²) < 4.78 is 0. The highest BCUT2D eigenvalue weighted by atomic mass is 35.5. The maximum atomic E-state index is 7.98. The van der Waals surface area contributed by atoms with Crippen molar-refractivity contribution in [2.24, 2.45) is 0 Å². The van der Waals surface area contributed by atoms with Gasteiger partial charge in [-0.15, -0.1) is 0 Å². The zero-order valence-electron chi connectivity index (χ0n) is 7.83. The van der Waals surface area contributed by atoms with E-state index >= 15 is 0 Å². The Labute approximate surface area is 88.2 Å². The number of halogens is 1. The molecule has 0 radical (unpaired) electrons. The topological polar surface area (TPSA) is 40.0 Å². The van der Waals surface area contributed by atoms with Gasteiger partial charge in [0.05, 0.1) is 5.02 Å². The van der Waals surface area contributed by atoms with Crippen LogP contribution in [-0.2, 0) is 0 Å². The summed E-state index contributed by atoms with van der Waals surface area (Å²) in [5.41, 5.74) is 0.781. The summed E-state index contributed by atoms with van der Waals surface area (Å²) in [6.45, 7) is 1.94. The van der Waals surface area contributed by atoms with Crippen LogP contribution in [0.5, 0.6) is 0 Å². The number of rotatable bonds is 1. The number of hydrogen-bond donors (Lipinski definition) is 1. The molecule has 74 valence electrons. The van der Waals surface area contributed by atoms with Crippen LogP contribution in [0.3, 0.4) is 0 Å². The van der Waals surface area contributed by atoms with Crippen molar-refractivity contribution in [3.8, 4) is 0 Å². The Balaban J connectivity index is 2.22. The van der Waals surface area contributed by atoms with Crippen LogP contribution >= 0.6 is 11.6 Å². The molecule has 4 heteroatoms. The number of amidine groups is 1. The third kappa shape index (κ3) is 1.73. The zero-order chi connectivity index (χ0) is 9.97. The molecule has 1 aliphatic rings. The number of pyridine rings is 1. The molecule has 1 N–H and O–H groups in total. The molecule has 3 nitrogen and oxygen atoms in total. The molecule has 0 aliphatic carbocycles. The number of hydrogen-bond acceptors (Lipinski definition) is 2. The average Bonchev–Trinajstić information content (AvgIpc) is 2.70. The Morgan fingerprint density at radius 1 is 1.43 bits per heavy atom. The third-order valence-electron chi connectivity index (χ3n) is 2.45. The molecule has 1 aromatic rings. The first kappa shape index (κ1) is 9.46. The minimum atomic E-state index is 0.523. The van der Waals surface area contributed by atoms with Crippen molar-refractivity contribution in [1.29, 1.82) is 5.41 Å². The average molecular weight is 210 g/mol. The fraction of sp³-hybridized carbons (Fsp3) is 0.400. The molecule has 1 aliphatic heterocycles. The van der Waals surface area contributed by atoms with E-state index in [1.807, 2.05) is 0 Å². The summed E-state index contributed by atoms with van der Waals surface area (Å²) in [4.78, 5) is 5.96. The molecule has 0 unspecified atom stereocenters. The Morgan fingerprint density at radius 2 is 2.14 bits per heavy atom. The van der Waals surface area contributed by atoms with E-state index in [2.05, 4.69) is 9.88 Å². The molecule has 2 heterocycles. The second-order valence-corrected chi connectivity index (χ2v) is 3.81. The summed E-state index contributed by atoms with van der Waals surface area (Å²) in [5, 5.41) is 8.54. The molecule has 0 spiro atoms. The van der Waals surface area contributed by atoms with Gasteiger partial charge >= 0.3 is 0 Å². The summed E-state index contributed by atoms with van der Waals surface area (Å²) in [7, 11) is 0.